The third-order valence-corrected chi connectivity index (χ3v) is 4.42. The fraction of sp³-hybridized carbons (Fsp3) is 0.286. The van der Waals surface area contributed by atoms with Gasteiger partial charge in [0, 0.05) is 23.0 Å². The van der Waals surface area contributed by atoms with E-state index in [0.29, 0.717) is 16.9 Å². The van der Waals surface area contributed by atoms with Gasteiger partial charge in [0.05, 0.1) is 15.7 Å². The van der Waals surface area contributed by atoms with Crippen molar-refractivity contribution >= 4 is 22.4 Å². The number of fused-ring (bicyclic) bond motifs is 1. The molecule has 1 aliphatic carbocycles. The molecule has 0 bridgehead atoms. The first-order chi connectivity index (χ1) is 8.50. The average Bonchev–Trinajstić information content (AvgIpc) is 2.33. The Hall–Kier alpha value is -1.55. The van der Waals surface area contributed by atoms with Crippen molar-refractivity contribution in [2.45, 2.75) is 13.8 Å². The van der Waals surface area contributed by atoms with E-state index >= 15 is 0 Å². The summed E-state index contributed by atoms with van der Waals surface area (Å²) in [6.45, 7) is 3.86. The maximum atomic E-state index is 12.2. The minimum atomic E-state index is -1.40. The molecule has 0 spiro atoms. The predicted molar refractivity (Wildman–Crippen MR) is 71.0 cm³/mol. The van der Waals surface area contributed by atoms with Gasteiger partial charge < -0.3 is 0 Å². The van der Waals surface area contributed by atoms with E-state index in [-0.39, 0.29) is 22.4 Å². The number of hydrogen-bond donors (Lipinski definition) is 0. The molecule has 2 rings (SSSR count). The Balaban J connectivity index is 2.40. The van der Waals surface area contributed by atoms with Crippen molar-refractivity contribution in [3.05, 3.63) is 46.4 Å². The smallest absolute Gasteiger partial charge is 0.202 e. The highest BCUT2D eigenvalue weighted by molar-refractivity contribution is 7.90. The van der Waals surface area contributed by atoms with Crippen molar-refractivity contribution in [2.24, 2.45) is 5.92 Å². The van der Waals surface area contributed by atoms with Crippen molar-refractivity contribution in [2.75, 3.05) is 5.75 Å². The summed E-state index contributed by atoms with van der Waals surface area (Å²) in [5.74, 6) is 0.0841. The maximum absolute atomic E-state index is 12.2. The van der Waals surface area contributed by atoms with Crippen LogP contribution < -0.4 is 0 Å². The van der Waals surface area contributed by atoms with Crippen molar-refractivity contribution in [1.82, 2.24) is 0 Å². The Kier molecular flexibility index (Phi) is 3.57. The highest BCUT2D eigenvalue weighted by Crippen LogP contribution is 2.23. The van der Waals surface area contributed by atoms with E-state index in [1.807, 2.05) is 13.8 Å². The van der Waals surface area contributed by atoms with Crippen LogP contribution in [0.4, 0.5) is 0 Å². The molecule has 0 amide bonds. The minimum absolute atomic E-state index is 0.132. The monoisotopic (exact) mass is 262 g/mol. The number of rotatable bonds is 3. The molecule has 1 aromatic carbocycles. The minimum Gasteiger partial charge on any atom is -0.289 e. The number of hydrogen-bond acceptors (Lipinski definition) is 3. The number of carbonyl (C=O) groups is 2. The quantitative estimate of drug-likeness (QED) is 0.840. The van der Waals surface area contributed by atoms with E-state index in [9.17, 15) is 13.8 Å². The zero-order chi connectivity index (χ0) is 13.3. The zero-order valence-corrected chi connectivity index (χ0v) is 11.1. The summed E-state index contributed by atoms with van der Waals surface area (Å²) in [7, 11) is -1.40. The molecule has 3 nitrogen and oxygen atoms in total. The van der Waals surface area contributed by atoms with Gasteiger partial charge in [0.15, 0.2) is 5.78 Å². The van der Waals surface area contributed by atoms with Crippen LogP contribution in [0.15, 0.2) is 35.2 Å². The summed E-state index contributed by atoms with van der Waals surface area (Å²) in [5, 5.41) is 0. The highest BCUT2D eigenvalue weighted by Gasteiger charge is 2.28. The van der Waals surface area contributed by atoms with Crippen molar-refractivity contribution in [1.29, 1.82) is 0 Å². The Morgan fingerprint density at radius 2 is 1.72 bits per heavy atom. The predicted octanol–water partition coefficient (Wildman–Crippen LogP) is 2.35. The topological polar surface area (TPSA) is 51.2 Å². The van der Waals surface area contributed by atoms with Crippen molar-refractivity contribution in [3.8, 4) is 0 Å². The van der Waals surface area contributed by atoms with Gasteiger partial charge in [-0.15, -0.1) is 0 Å². The molecule has 0 aliphatic heterocycles. The average molecular weight is 262 g/mol. The van der Waals surface area contributed by atoms with Crippen LogP contribution in [-0.2, 0) is 10.8 Å². The summed E-state index contributed by atoms with van der Waals surface area (Å²) in [6.07, 6.45) is 1.23. The summed E-state index contributed by atoms with van der Waals surface area (Å²) >= 11 is 0. The third kappa shape index (κ3) is 2.34. The van der Waals surface area contributed by atoms with Gasteiger partial charge in [-0.1, -0.05) is 38.1 Å². The van der Waals surface area contributed by atoms with Gasteiger partial charge in [0.1, 0.15) is 0 Å². The van der Waals surface area contributed by atoms with Crippen molar-refractivity contribution in [3.63, 3.8) is 0 Å². The van der Waals surface area contributed by atoms with Crippen LogP contribution in [0.25, 0.3) is 0 Å². The molecule has 1 aromatic rings. The highest BCUT2D eigenvalue weighted by atomic mass is 32.2. The SMILES string of the molecule is CC(C)CS(=O)C1=CC(=O)c2ccccc2C1=O. The summed E-state index contributed by atoms with van der Waals surface area (Å²) in [4.78, 5) is 24.2. The van der Waals surface area contributed by atoms with Gasteiger partial charge in [-0.3, -0.25) is 13.8 Å². The Labute approximate surface area is 108 Å². The van der Waals surface area contributed by atoms with Crippen LogP contribution in [0.1, 0.15) is 34.6 Å². The van der Waals surface area contributed by atoms with Crippen LogP contribution in [-0.4, -0.2) is 21.5 Å². The lowest BCUT2D eigenvalue weighted by molar-refractivity contribution is 0.0990. The molecule has 1 atom stereocenters. The van der Waals surface area contributed by atoms with E-state index in [0.717, 1.165) is 0 Å². The first-order valence-corrected chi connectivity index (χ1v) is 7.10. The van der Waals surface area contributed by atoms with Crippen molar-refractivity contribution < 1.29 is 13.8 Å². The lowest BCUT2D eigenvalue weighted by Crippen LogP contribution is -2.21. The molecule has 1 unspecified atom stereocenters. The molecule has 1 aliphatic rings. The standard InChI is InChI=1S/C14H14O3S/c1-9(2)8-18(17)13-7-12(15)10-5-3-4-6-11(10)14(13)16/h3-7,9H,8H2,1-2H3. The molecule has 0 saturated heterocycles. The molecule has 4 heteroatoms. The summed E-state index contributed by atoms with van der Waals surface area (Å²) < 4.78 is 12.0. The first-order valence-electron chi connectivity index (χ1n) is 5.79. The molecular formula is C14H14O3S. The second-order valence-corrected chi connectivity index (χ2v) is 6.12. The Morgan fingerprint density at radius 1 is 1.11 bits per heavy atom. The fourth-order valence-corrected chi connectivity index (χ4v) is 3.19. The number of ketones is 2. The summed E-state index contributed by atoms with van der Waals surface area (Å²) in [5.41, 5.74) is 0.755. The maximum Gasteiger partial charge on any atom is 0.202 e. The molecule has 0 saturated carbocycles. The number of carbonyl (C=O) groups excluding carboxylic acids is 2. The molecule has 0 aromatic heterocycles. The van der Waals surface area contributed by atoms with Gasteiger partial charge >= 0.3 is 0 Å². The lowest BCUT2D eigenvalue weighted by atomic mass is 9.95. The van der Waals surface area contributed by atoms with Crippen LogP contribution >= 0.6 is 0 Å². The molecule has 94 valence electrons. The van der Waals surface area contributed by atoms with E-state index in [1.54, 1.807) is 24.3 Å². The zero-order valence-electron chi connectivity index (χ0n) is 10.3. The fourth-order valence-electron chi connectivity index (χ4n) is 1.85. The van der Waals surface area contributed by atoms with Gasteiger partial charge in [0.25, 0.3) is 0 Å². The van der Waals surface area contributed by atoms with E-state index in [1.165, 1.54) is 6.08 Å². The first kappa shape index (κ1) is 12.9. The van der Waals surface area contributed by atoms with E-state index in [2.05, 4.69) is 0 Å². The molecule has 0 N–H and O–H groups in total. The number of Topliss-reactive ketones (excluding diaryl/α,β-unsaturated/α-hetero) is 1. The van der Waals surface area contributed by atoms with Gasteiger partial charge in [0.2, 0.25) is 5.78 Å². The molecule has 18 heavy (non-hydrogen) atoms. The Bertz CT molecular complexity index is 570. The van der Waals surface area contributed by atoms with Crippen LogP contribution in [0, 0.1) is 5.92 Å². The van der Waals surface area contributed by atoms with Crippen LogP contribution in [0.5, 0.6) is 0 Å². The molecule has 0 fully saturated rings. The second-order valence-electron chi connectivity index (χ2n) is 4.65. The number of allylic oxidation sites excluding steroid dienone is 2. The van der Waals surface area contributed by atoms with Gasteiger partial charge in [-0.25, -0.2) is 0 Å². The number of benzene rings is 1. The second kappa shape index (κ2) is 4.98. The van der Waals surface area contributed by atoms with Crippen LogP contribution in [0.3, 0.4) is 0 Å². The summed E-state index contributed by atoms with van der Waals surface area (Å²) in [6, 6.07) is 6.65. The molecule has 0 heterocycles. The van der Waals surface area contributed by atoms with E-state index in [4.69, 9.17) is 0 Å². The van der Waals surface area contributed by atoms with Gasteiger partial charge in [-0.05, 0) is 5.92 Å². The van der Waals surface area contributed by atoms with Crippen LogP contribution in [0.2, 0.25) is 0 Å². The normalized spacial score (nSPS) is 16.5. The third-order valence-electron chi connectivity index (χ3n) is 2.65. The Morgan fingerprint density at radius 3 is 2.33 bits per heavy atom. The molecular weight excluding hydrogens is 248 g/mol. The molecule has 0 radical (unpaired) electrons. The largest absolute Gasteiger partial charge is 0.289 e. The lowest BCUT2D eigenvalue weighted by Gasteiger charge is -2.15. The van der Waals surface area contributed by atoms with E-state index < -0.39 is 10.8 Å². The van der Waals surface area contributed by atoms with Gasteiger partial charge in [-0.2, -0.15) is 0 Å².